The van der Waals surface area contributed by atoms with E-state index in [0.717, 1.165) is 63.5 Å². The monoisotopic (exact) mass is 634 g/mol. The number of nitrogens with zero attached hydrogens (tertiary/aromatic N) is 4. The van der Waals surface area contributed by atoms with Crippen LogP contribution in [0.2, 0.25) is 0 Å². The fourth-order valence-corrected chi connectivity index (χ4v) is 6.07. The molecule has 45 heavy (non-hydrogen) atoms. The minimum atomic E-state index is -1.10. The molecule has 4 aromatic carbocycles. The molecular weight excluding hydrogens is 601 g/mol. The van der Waals surface area contributed by atoms with Gasteiger partial charge in [0, 0.05) is 23.6 Å². The summed E-state index contributed by atoms with van der Waals surface area (Å²) in [6, 6.07) is 33.2. The molecular formula is C36H34N4O3S2. The van der Waals surface area contributed by atoms with E-state index in [2.05, 4.69) is 98.5 Å². The van der Waals surface area contributed by atoms with E-state index < -0.39 is 12.5 Å². The highest BCUT2D eigenvalue weighted by Crippen LogP contribution is 2.35. The number of rotatable bonds is 11. The van der Waals surface area contributed by atoms with Crippen LogP contribution in [-0.4, -0.2) is 45.5 Å². The first-order valence-corrected chi connectivity index (χ1v) is 15.9. The van der Waals surface area contributed by atoms with Crippen LogP contribution in [0.25, 0.3) is 6.08 Å². The highest BCUT2D eigenvalue weighted by molar-refractivity contribution is 8.26. The number of carbonyl (C=O) groups is 2. The average Bonchev–Trinajstić information content (AvgIpc) is 3.29. The SMILES string of the molecule is CCCN(/N=C/c1ccc(N(c2ccc(C)cc2)c2ccc(C)cc2)cc1)c1ccc(/C=C2\SC(=S)N(CC(=O)O)C2=O)cc1. The fourth-order valence-electron chi connectivity index (χ4n) is 4.81. The van der Waals surface area contributed by atoms with Crippen molar-refractivity contribution in [2.24, 2.45) is 5.10 Å². The van der Waals surface area contributed by atoms with Gasteiger partial charge in [-0.2, -0.15) is 5.10 Å². The molecule has 9 heteroatoms. The predicted octanol–water partition coefficient (Wildman–Crippen LogP) is 8.31. The van der Waals surface area contributed by atoms with Gasteiger partial charge in [-0.3, -0.25) is 19.5 Å². The molecule has 1 heterocycles. The van der Waals surface area contributed by atoms with Crippen molar-refractivity contribution in [2.75, 3.05) is 23.0 Å². The fraction of sp³-hybridized carbons (Fsp3) is 0.167. The number of amides is 1. The minimum Gasteiger partial charge on any atom is -0.480 e. The van der Waals surface area contributed by atoms with Gasteiger partial charge in [0.1, 0.15) is 10.9 Å². The number of aliphatic carboxylic acids is 1. The van der Waals surface area contributed by atoms with Gasteiger partial charge in [0.25, 0.3) is 5.91 Å². The summed E-state index contributed by atoms with van der Waals surface area (Å²) in [4.78, 5) is 27.5. The number of benzene rings is 4. The Kier molecular flexibility index (Phi) is 10.1. The summed E-state index contributed by atoms with van der Waals surface area (Å²) < 4.78 is 0.250. The zero-order valence-corrected chi connectivity index (χ0v) is 27.0. The molecule has 0 aromatic heterocycles. The second kappa shape index (κ2) is 14.4. The highest BCUT2D eigenvalue weighted by atomic mass is 32.2. The van der Waals surface area contributed by atoms with E-state index in [4.69, 9.17) is 22.4 Å². The van der Waals surface area contributed by atoms with Gasteiger partial charge < -0.3 is 10.0 Å². The predicted molar refractivity (Wildman–Crippen MR) is 190 cm³/mol. The molecule has 1 amide bonds. The molecule has 0 spiro atoms. The summed E-state index contributed by atoms with van der Waals surface area (Å²) in [5.41, 5.74) is 8.39. The molecule has 0 saturated carbocycles. The molecule has 0 aliphatic carbocycles. The molecule has 0 bridgehead atoms. The van der Waals surface area contributed by atoms with Crippen molar-refractivity contribution in [1.29, 1.82) is 0 Å². The van der Waals surface area contributed by atoms with E-state index in [9.17, 15) is 9.59 Å². The number of hydrogen-bond acceptors (Lipinski definition) is 7. The molecule has 5 rings (SSSR count). The Morgan fingerprint density at radius 3 is 1.82 bits per heavy atom. The summed E-state index contributed by atoms with van der Waals surface area (Å²) in [5.74, 6) is -1.49. The molecule has 1 aliphatic rings. The first-order chi connectivity index (χ1) is 21.7. The molecule has 1 N–H and O–H groups in total. The van der Waals surface area contributed by atoms with Gasteiger partial charge in [-0.05, 0) is 86.0 Å². The molecule has 1 fully saturated rings. The second-order valence-corrected chi connectivity index (χ2v) is 12.4. The Balaban J connectivity index is 1.32. The van der Waals surface area contributed by atoms with Crippen molar-refractivity contribution < 1.29 is 14.7 Å². The van der Waals surface area contributed by atoms with Crippen LogP contribution in [0.5, 0.6) is 0 Å². The molecule has 1 saturated heterocycles. The summed E-state index contributed by atoms with van der Waals surface area (Å²) in [6.45, 7) is 6.58. The maximum Gasteiger partial charge on any atom is 0.323 e. The zero-order chi connectivity index (χ0) is 31.9. The van der Waals surface area contributed by atoms with Crippen molar-refractivity contribution >= 4 is 75.2 Å². The van der Waals surface area contributed by atoms with E-state index in [-0.39, 0.29) is 10.2 Å². The largest absolute Gasteiger partial charge is 0.480 e. The van der Waals surface area contributed by atoms with Crippen LogP contribution in [0.1, 0.15) is 35.6 Å². The lowest BCUT2D eigenvalue weighted by Crippen LogP contribution is -2.33. The van der Waals surface area contributed by atoms with E-state index in [1.54, 1.807) is 6.08 Å². The first kappa shape index (κ1) is 31.7. The van der Waals surface area contributed by atoms with Crippen LogP contribution in [0.3, 0.4) is 0 Å². The van der Waals surface area contributed by atoms with Crippen LogP contribution in [0.4, 0.5) is 22.7 Å². The van der Waals surface area contributed by atoms with Crippen LogP contribution in [0, 0.1) is 13.8 Å². The van der Waals surface area contributed by atoms with E-state index in [1.807, 2.05) is 35.5 Å². The maximum atomic E-state index is 12.6. The molecule has 228 valence electrons. The average molecular weight is 635 g/mol. The lowest BCUT2D eigenvalue weighted by molar-refractivity contribution is -0.140. The van der Waals surface area contributed by atoms with Gasteiger partial charge in [-0.15, -0.1) is 0 Å². The van der Waals surface area contributed by atoms with Gasteiger partial charge in [0.15, 0.2) is 0 Å². The van der Waals surface area contributed by atoms with Crippen molar-refractivity contribution in [3.8, 4) is 0 Å². The quantitative estimate of drug-likeness (QED) is 0.0770. The first-order valence-electron chi connectivity index (χ1n) is 14.6. The summed E-state index contributed by atoms with van der Waals surface area (Å²) in [5, 5.41) is 15.8. The Bertz CT molecular complexity index is 1690. The number of thioether (sulfide) groups is 1. The number of carbonyl (C=O) groups excluding carboxylic acids is 1. The van der Waals surface area contributed by atoms with Gasteiger partial charge in [-0.25, -0.2) is 0 Å². The maximum absolute atomic E-state index is 12.6. The Morgan fingerprint density at radius 1 is 0.822 bits per heavy atom. The third-order valence-corrected chi connectivity index (χ3v) is 8.55. The lowest BCUT2D eigenvalue weighted by Gasteiger charge is -2.26. The van der Waals surface area contributed by atoms with Gasteiger partial charge in [0.05, 0.1) is 16.8 Å². The minimum absolute atomic E-state index is 0.250. The van der Waals surface area contributed by atoms with E-state index >= 15 is 0 Å². The van der Waals surface area contributed by atoms with Crippen LogP contribution >= 0.6 is 24.0 Å². The molecule has 0 atom stereocenters. The lowest BCUT2D eigenvalue weighted by atomic mass is 10.1. The molecule has 0 unspecified atom stereocenters. The number of carboxylic acids is 1. The van der Waals surface area contributed by atoms with Crippen molar-refractivity contribution in [3.05, 3.63) is 124 Å². The highest BCUT2D eigenvalue weighted by Gasteiger charge is 2.33. The summed E-state index contributed by atoms with van der Waals surface area (Å²) in [6.07, 6.45) is 4.51. The number of anilines is 4. The number of thiocarbonyl (C=S) groups is 1. The van der Waals surface area contributed by atoms with Crippen LogP contribution in [0.15, 0.2) is 107 Å². The summed E-state index contributed by atoms with van der Waals surface area (Å²) >= 11 is 6.31. The topological polar surface area (TPSA) is 76.4 Å². The number of carboxylic acid groups (broad SMARTS) is 1. The Labute approximate surface area is 273 Å². The van der Waals surface area contributed by atoms with E-state index in [1.165, 1.54) is 11.1 Å². The normalized spacial score (nSPS) is 14.0. The van der Waals surface area contributed by atoms with E-state index in [0.29, 0.717) is 4.91 Å². The summed E-state index contributed by atoms with van der Waals surface area (Å²) in [7, 11) is 0. The van der Waals surface area contributed by atoms with Crippen molar-refractivity contribution in [2.45, 2.75) is 27.2 Å². The standard InChI is InChI=1S/C36H34N4O3S2/c1-4-21-39(29-17-9-27(10-18-29)22-33-35(43)38(24-34(41)42)36(44)45-33)37-23-28-11-19-32(20-12-28)40(30-13-5-25(2)6-14-30)31-15-7-26(3)8-16-31/h5-20,22-23H,4,21,24H2,1-3H3,(H,41,42)/b33-22-,37-23+. The van der Waals surface area contributed by atoms with Gasteiger partial charge in [0.2, 0.25) is 0 Å². The second-order valence-electron chi connectivity index (χ2n) is 10.7. The smallest absolute Gasteiger partial charge is 0.323 e. The molecule has 0 radical (unpaired) electrons. The van der Waals surface area contributed by atoms with Crippen LogP contribution in [-0.2, 0) is 9.59 Å². The van der Waals surface area contributed by atoms with Crippen molar-refractivity contribution in [3.63, 3.8) is 0 Å². The molecule has 7 nitrogen and oxygen atoms in total. The number of hydrazone groups is 1. The number of hydrogen-bond donors (Lipinski definition) is 1. The Morgan fingerprint density at radius 2 is 1.31 bits per heavy atom. The van der Waals surface area contributed by atoms with Gasteiger partial charge in [-0.1, -0.05) is 90.6 Å². The molecule has 4 aromatic rings. The third-order valence-electron chi connectivity index (χ3n) is 7.17. The van der Waals surface area contributed by atoms with Crippen molar-refractivity contribution in [1.82, 2.24) is 4.90 Å². The zero-order valence-electron chi connectivity index (χ0n) is 25.4. The number of aryl methyl sites for hydroxylation is 2. The Hall–Kier alpha value is -4.73. The van der Waals surface area contributed by atoms with Gasteiger partial charge >= 0.3 is 5.97 Å². The third kappa shape index (κ3) is 7.87. The molecule has 1 aliphatic heterocycles. The van der Waals surface area contributed by atoms with Crippen LogP contribution < -0.4 is 9.91 Å².